The zero-order valence-electron chi connectivity index (χ0n) is 10.8. The smallest absolute Gasteiger partial charge is 0.256 e. The number of nitrogens with two attached hydrogens (primary N) is 1. The second-order valence-electron chi connectivity index (χ2n) is 4.48. The molecule has 0 aliphatic heterocycles. The maximum atomic E-state index is 12.2. The zero-order valence-corrected chi connectivity index (χ0v) is 12.4. The van der Waals surface area contributed by atoms with Gasteiger partial charge in [-0.2, -0.15) is 0 Å². The average Bonchev–Trinajstić information content (AvgIpc) is 2.34. The van der Waals surface area contributed by atoms with E-state index in [-0.39, 0.29) is 5.91 Å². The highest BCUT2D eigenvalue weighted by Gasteiger charge is 2.12. The van der Waals surface area contributed by atoms with Crippen LogP contribution in [0.5, 0.6) is 0 Å². The number of hydrogen-bond acceptors (Lipinski definition) is 2. The van der Waals surface area contributed by atoms with Crippen LogP contribution >= 0.6 is 15.9 Å². The summed E-state index contributed by atoms with van der Waals surface area (Å²) in [4.78, 5) is 12.2. The first-order valence-corrected chi connectivity index (χ1v) is 6.71. The molecule has 0 aliphatic carbocycles. The molecule has 3 N–H and O–H groups in total. The topological polar surface area (TPSA) is 55.1 Å². The van der Waals surface area contributed by atoms with Crippen LogP contribution in [0.15, 0.2) is 40.9 Å². The molecule has 4 heteroatoms. The van der Waals surface area contributed by atoms with Gasteiger partial charge in [0.15, 0.2) is 0 Å². The number of carbonyl (C=O) groups excluding carboxylic acids is 1. The second kappa shape index (κ2) is 5.45. The van der Waals surface area contributed by atoms with Gasteiger partial charge in [0.05, 0.1) is 16.9 Å². The highest BCUT2D eigenvalue weighted by molar-refractivity contribution is 9.10. The van der Waals surface area contributed by atoms with Gasteiger partial charge in [0, 0.05) is 4.47 Å². The summed E-state index contributed by atoms with van der Waals surface area (Å²) < 4.78 is 0.760. The summed E-state index contributed by atoms with van der Waals surface area (Å²) in [5.41, 5.74) is 9.83. The molecule has 3 nitrogen and oxygen atoms in total. The summed E-state index contributed by atoms with van der Waals surface area (Å²) >= 11 is 3.37. The third-order valence-corrected chi connectivity index (χ3v) is 3.56. The van der Waals surface area contributed by atoms with Crippen molar-refractivity contribution >= 4 is 33.2 Å². The van der Waals surface area contributed by atoms with Crippen molar-refractivity contribution in [2.45, 2.75) is 13.8 Å². The van der Waals surface area contributed by atoms with Gasteiger partial charge in [-0.05, 0) is 59.1 Å². The maximum Gasteiger partial charge on any atom is 0.256 e. The van der Waals surface area contributed by atoms with Crippen LogP contribution in [-0.2, 0) is 0 Å². The van der Waals surface area contributed by atoms with E-state index in [1.54, 1.807) is 6.07 Å². The fourth-order valence-corrected chi connectivity index (χ4v) is 2.46. The van der Waals surface area contributed by atoms with Gasteiger partial charge in [-0.15, -0.1) is 0 Å². The van der Waals surface area contributed by atoms with Crippen LogP contribution in [0.1, 0.15) is 21.5 Å². The summed E-state index contributed by atoms with van der Waals surface area (Å²) in [7, 11) is 0. The standard InChI is InChI=1S/C15H15BrN2O/c1-9-7-10(2)14(13(17)8-9)18-15(19)11-5-3-4-6-12(11)16/h3-8H,17H2,1-2H3,(H,18,19). The largest absolute Gasteiger partial charge is 0.397 e. The van der Waals surface area contributed by atoms with Gasteiger partial charge in [0.2, 0.25) is 0 Å². The molecule has 98 valence electrons. The van der Waals surface area contributed by atoms with Crippen LogP contribution in [0.4, 0.5) is 11.4 Å². The molecule has 0 atom stereocenters. The highest BCUT2D eigenvalue weighted by atomic mass is 79.9. The fraction of sp³-hybridized carbons (Fsp3) is 0.133. The Morgan fingerprint density at radius 1 is 1.21 bits per heavy atom. The molecule has 0 bridgehead atoms. The van der Waals surface area contributed by atoms with Crippen LogP contribution in [-0.4, -0.2) is 5.91 Å². The van der Waals surface area contributed by atoms with Crippen molar-refractivity contribution in [1.29, 1.82) is 0 Å². The normalized spacial score (nSPS) is 10.3. The van der Waals surface area contributed by atoms with E-state index in [9.17, 15) is 4.79 Å². The minimum absolute atomic E-state index is 0.175. The molecule has 2 aromatic rings. The predicted molar refractivity (Wildman–Crippen MR) is 82.4 cm³/mol. The van der Waals surface area contributed by atoms with Gasteiger partial charge >= 0.3 is 0 Å². The summed E-state index contributed by atoms with van der Waals surface area (Å²) in [5.74, 6) is -0.175. The molecule has 0 radical (unpaired) electrons. The minimum atomic E-state index is -0.175. The average molecular weight is 319 g/mol. The van der Waals surface area contributed by atoms with Gasteiger partial charge in [-0.1, -0.05) is 18.2 Å². The molecule has 2 aromatic carbocycles. The number of hydrogen-bond donors (Lipinski definition) is 2. The first-order chi connectivity index (χ1) is 8.99. The number of carbonyl (C=O) groups is 1. The number of nitrogens with one attached hydrogen (secondary N) is 1. The molecule has 0 saturated heterocycles. The molecule has 0 heterocycles. The van der Waals surface area contributed by atoms with E-state index in [0.29, 0.717) is 16.9 Å². The number of amides is 1. The van der Waals surface area contributed by atoms with Crippen LogP contribution in [0.3, 0.4) is 0 Å². The summed E-state index contributed by atoms with van der Waals surface area (Å²) in [5, 5.41) is 2.87. The molecule has 1 amide bonds. The first-order valence-electron chi connectivity index (χ1n) is 5.91. The molecular weight excluding hydrogens is 304 g/mol. The van der Waals surface area contributed by atoms with Gasteiger partial charge in [-0.25, -0.2) is 0 Å². The number of rotatable bonds is 2. The van der Waals surface area contributed by atoms with Gasteiger partial charge in [0.1, 0.15) is 0 Å². The minimum Gasteiger partial charge on any atom is -0.397 e. The fourth-order valence-electron chi connectivity index (χ4n) is 2.00. The highest BCUT2D eigenvalue weighted by Crippen LogP contribution is 2.26. The lowest BCUT2D eigenvalue weighted by molar-refractivity contribution is 0.102. The van der Waals surface area contributed by atoms with Crippen molar-refractivity contribution in [1.82, 2.24) is 0 Å². The van der Waals surface area contributed by atoms with Crippen molar-refractivity contribution in [3.05, 3.63) is 57.6 Å². The molecule has 0 unspecified atom stereocenters. The van der Waals surface area contributed by atoms with Crippen LogP contribution in [0.2, 0.25) is 0 Å². The summed E-state index contributed by atoms with van der Waals surface area (Å²) in [6.07, 6.45) is 0. The lowest BCUT2D eigenvalue weighted by atomic mass is 10.1. The second-order valence-corrected chi connectivity index (χ2v) is 5.33. The first kappa shape index (κ1) is 13.6. The lowest BCUT2D eigenvalue weighted by Gasteiger charge is -2.13. The molecule has 19 heavy (non-hydrogen) atoms. The van der Waals surface area contributed by atoms with Crippen LogP contribution < -0.4 is 11.1 Å². The quantitative estimate of drug-likeness (QED) is 0.825. The van der Waals surface area contributed by atoms with E-state index >= 15 is 0 Å². The number of nitrogen functional groups attached to an aromatic ring is 1. The van der Waals surface area contributed by atoms with Crippen molar-refractivity contribution in [2.24, 2.45) is 0 Å². The number of halogens is 1. The molecular formula is C15H15BrN2O. The van der Waals surface area contributed by atoms with E-state index in [1.807, 2.05) is 44.2 Å². The van der Waals surface area contributed by atoms with Gasteiger partial charge < -0.3 is 11.1 Å². The maximum absolute atomic E-state index is 12.2. The van der Waals surface area contributed by atoms with Crippen molar-refractivity contribution in [3.8, 4) is 0 Å². The Hall–Kier alpha value is -1.81. The van der Waals surface area contributed by atoms with Crippen molar-refractivity contribution in [2.75, 3.05) is 11.1 Å². The third-order valence-electron chi connectivity index (χ3n) is 2.87. The number of benzene rings is 2. The van der Waals surface area contributed by atoms with E-state index < -0.39 is 0 Å². The Balaban J connectivity index is 2.32. The number of anilines is 2. The Morgan fingerprint density at radius 3 is 2.53 bits per heavy atom. The predicted octanol–water partition coefficient (Wildman–Crippen LogP) is 3.90. The van der Waals surface area contributed by atoms with Crippen molar-refractivity contribution in [3.63, 3.8) is 0 Å². The molecule has 0 aromatic heterocycles. The van der Waals surface area contributed by atoms with Gasteiger partial charge in [0.25, 0.3) is 5.91 Å². The summed E-state index contributed by atoms with van der Waals surface area (Å²) in [6, 6.07) is 11.1. The van der Waals surface area contributed by atoms with E-state index in [4.69, 9.17) is 5.73 Å². The monoisotopic (exact) mass is 318 g/mol. The Morgan fingerprint density at radius 2 is 1.89 bits per heavy atom. The third kappa shape index (κ3) is 2.96. The van der Waals surface area contributed by atoms with Crippen molar-refractivity contribution < 1.29 is 4.79 Å². The zero-order chi connectivity index (χ0) is 14.0. The van der Waals surface area contributed by atoms with Gasteiger partial charge in [-0.3, -0.25) is 4.79 Å². The number of aryl methyl sites for hydroxylation is 2. The Labute approximate surface area is 121 Å². The Bertz CT molecular complexity index is 615. The Kier molecular flexibility index (Phi) is 3.90. The van der Waals surface area contributed by atoms with E-state index in [2.05, 4.69) is 21.2 Å². The van der Waals surface area contributed by atoms with Crippen LogP contribution in [0.25, 0.3) is 0 Å². The lowest BCUT2D eigenvalue weighted by Crippen LogP contribution is -2.14. The molecule has 0 spiro atoms. The molecule has 2 rings (SSSR count). The summed E-state index contributed by atoms with van der Waals surface area (Å²) in [6.45, 7) is 3.90. The SMILES string of the molecule is Cc1cc(C)c(NC(=O)c2ccccc2Br)c(N)c1. The molecule has 0 fully saturated rings. The molecule has 0 saturated carbocycles. The van der Waals surface area contributed by atoms with E-state index in [1.165, 1.54) is 0 Å². The molecule has 0 aliphatic rings. The van der Waals surface area contributed by atoms with Crippen LogP contribution in [0, 0.1) is 13.8 Å². The van der Waals surface area contributed by atoms with E-state index in [0.717, 1.165) is 15.6 Å².